The lowest BCUT2D eigenvalue weighted by atomic mass is 9.41. The van der Waals surface area contributed by atoms with Crippen molar-refractivity contribution in [3.05, 3.63) is 24.3 Å². The summed E-state index contributed by atoms with van der Waals surface area (Å²) in [7, 11) is -4.07. The van der Waals surface area contributed by atoms with Gasteiger partial charge in [0.1, 0.15) is 5.75 Å². The van der Waals surface area contributed by atoms with E-state index in [4.69, 9.17) is 9.47 Å². The fourth-order valence-corrected chi connectivity index (χ4v) is 11.3. The summed E-state index contributed by atoms with van der Waals surface area (Å²) in [5.74, 6) is 2.65. The molecule has 9 heteroatoms. The summed E-state index contributed by atoms with van der Waals surface area (Å²) in [5, 5.41) is 22.4. The van der Waals surface area contributed by atoms with Gasteiger partial charge in [0.2, 0.25) is 0 Å². The molecule has 0 bridgehead atoms. The Morgan fingerprint density at radius 2 is 1.63 bits per heavy atom. The van der Waals surface area contributed by atoms with Crippen LogP contribution < -0.4 is 9.46 Å². The minimum Gasteiger partial charge on any atom is -0.491 e. The molecule has 1 aromatic rings. The second-order valence-corrected chi connectivity index (χ2v) is 16.6. The SMILES string of the molecule is CC[C@H]1[C@@H](O)[C@@H]2[C@H](CC[C@]3(C)[C@@H]([C@H](C)COC(=O)NS(=O)(=O)c4ccc(OC(C)C)cc4)CC[C@@H]23)[C@@]2(C)CC[C@H](O)C[C@@H]12. The van der Waals surface area contributed by atoms with E-state index in [1.165, 1.54) is 12.1 Å². The van der Waals surface area contributed by atoms with Crippen molar-refractivity contribution < 1.29 is 32.9 Å². The molecule has 4 fully saturated rings. The molecule has 0 radical (unpaired) electrons. The zero-order valence-corrected chi connectivity index (χ0v) is 27.6. The number of carbonyl (C=O) groups is 1. The fraction of sp³-hybridized carbons (Fsp3) is 0.794. The molecule has 1 amide bonds. The third kappa shape index (κ3) is 5.95. The molecule has 0 spiro atoms. The minimum atomic E-state index is -4.07. The maximum Gasteiger partial charge on any atom is 0.421 e. The third-order valence-electron chi connectivity index (χ3n) is 12.4. The highest BCUT2D eigenvalue weighted by molar-refractivity contribution is 7.90. The number of ether oxygens (including phenoxy) is 2. The van der Waals surface area contributed by atoms with Gasteiger partial charge in [-0.2, -0.15) is 0 Å². The predicted molar refractivity (Wildman–Crippen MR) is 165 cm³/mol. The molecule has 3 N–H and O–H groups in total. The van der Waals surface area contributed by atoms with Gasteiger partial charge in [-0.05, 0) is 135 Å². The minimum absolute atomic E-state index is 0.0307. The van der Waals surface area contributed by atoms with E-state index in [9.17, 15) is 23.4 Å². The first-order valence-electron chi connectivity index (χ1n) is 16.5. The summed E-state index contributed by atoms with van der Waals surface area (Å²) in [6, 6.07) is 5.95. The van der Waals surface area contributed by atoms with Crippen LogP contribution >= 0.6 is 0 Å². The van der Waals surface area contributed by atoms with Crippen molar-refractivity contribution in [2.24, 2.45) is 52.3 Å². The highest BCUT2D eigenvalue weighted by atomic mass is 32.2. The summed E-state index contributed by atoms with van der Waals surface area (Å²) in [4.78, 5) is 12.6. The molecule has 4 aliphatic rings. The van der Waals surface area contributed by atoms with Gasteiger partial charge in [-0.25, -0.2) is 17.9 Å². The number of carbonyl (C=O) groups excluding carboxylic acids is 1. The molecule has 4 aliphatic carbocycles. The lowest BCUT2D eigenvalue weighted by Crippen LogP contribution is -2.62. The fourth-order valence-electron chi connectivity index (χ4n) is 10.4. The Hall–Kier alpha value is -1.84. The van der Waals surface area contributed by atoms with Gasteiger partial charge >= 0.3 is 6.09 Å². The maximum absolute atomic E-state index is 12.8. The average molecular weight is 620 g/mol. The van der Waals surface area contributed by atoms with Crippen LogP contribution in [0.1, 0.15) is 92.9 Å². The van der Waals surface area contributed by atoms with E-state index in [-0.39, 0.29) is 58.4 Å². The topological polar surface area (TPSA) is 122 Å². The molecule has 4 saturated carbocycles. The van der Waals surface area contributed by atoms with Crippen molar-refractivity contribution in [1.82, 2.24) is 4.72 Å². The van der Waals surface area contributed by atoms with Gasteiger partial charge in [-0.1, -0.05) is 34.1 Å². The number of fused-ring (bicyclic) bond motifs is 5. The molecule has 43 heavy (non-hydrogen) atoms. The van der Waals surface area contributed by atoms with E-state index in [1.54, 1.807) is 12.1 Å². The second-order valence-electron chi connectivity index (χ2n) is 14.9. The van der Waals surface area contributed by atoms with Crippen LogP contribution in [0.25, 0.3) is 0 Å². The van der Waals surface area contributed by atoms with Gasteiger partial charge in [0.25, 0.3) is 10.0 Å². The molecule has 0 unspecified atom stereocenters. The van der Waals surface area contributed by atoms with E-state index >= 15 is 0 Å². The van der Waals surface area contributed by atoms with Gasteiger partial charge < -0.3 is 19.7 Å². The number of hydrogen-bond donors (Lipinski definition) is 3. The van der Waals surface area contributed by atoms with Crippen molar-refractivity contribution in [1.29, 1.82) is 0 Å². The van der Waals surface area contributed by atoms with E-state index in [0.29, 0.717) is 29.4 Å². The first kappa shape index (κ1) is 32.6. The summed E-state index contributed by atoms with van der Waals surface area (Å²) >= 11 is 0. The highest BCUT2D eigenvalue weighted by Gasteiger charge is 2.64. The lowest BCUT2D eigenvalue weighted by molar-refractivity contribution is -0.203. The smallest absolute Gasteiger partial charge is 0.421 e. The first-order chi connectivity index (χ1) is 20.2. The van der Waals surface area contributed by atoms with Crippen LogP contribution in [0.3, 0.4) is 0 Å². The molecule has 1 aromatic carbocycles. The monoisotopic (exact) mass is 619 g/mol. The Morgan fingerprint density at radius 3 is 2.28 bits per heavy atom. The molecule has 0 heterocycles. The summed E-state index contributed by atoms with van der Waals surface area (Å²) in [6.45, 7) is 13.0. The average Bonchev–Trinajstić information content (AvgIpc) is 3.30. The first-order valence-corrected chi connectivity index (χ1v) is 18.0. The van der Waals surface area contributed by atoms with Crippen LogP contribution in [0.15, 0.2) is 29.2 Å². The van der Waals surface area contributed by atoms with Crippen molar-refractivity contribution >= 4 is 16.1 Å². The normalized spacial score (nSPS) is 39.7. The zero-order valence-electron chi connectivity index (χ0n) is 26.8. The summed E-state index contributed by atoms with van der Waals surface area (Å²) in [6.07, 6.45) is 6.27. The van der Waals surface area contributed by atoms with Gasteiger partial charge in [0, 0.05) is 0 Å². The molecule has 0 aliphatic heterocycles. The Bertz CT molecular complexity index is 1250. The number of benzene rings is 1. The van der Waals surface area contributed by atoms with Crippen LogP contribution in [0.5, 0.6) is 5.75 Å². The number of nitrogens with one attached hydrogen (secondary N) is 1. The number of hydrogen-bond acceptors (Lipinski definition) is 7. The molecular weight excluding hydrogens is 566 g/mol. The second kappa shape index (κ2) is 12.2. The van der Waals surface area contributed by atoms with Crippen molar-refractivity contribution in [2.75, 3.05) is 6.61 Å². The third-order valence-corrected chi connectivity index (χ3v) is 13.7. The molecule has 242 valence electrons. The summed E-state index contributed by atoms with van der Waals surface area (Å²) in [5.41, 5.74) is 0.187. The quantitative estimate of drug-likeness (QED) is 0.319. The van der Waals surface area contributed by atoms with E-state index in [0.717, 1.165) is 51.4 Å². The zero-order chi connectivity index (χ0) is 31.3. The number of amides is 1. The van der Waals surface area contributed by atoms with Crippen LogP contribution in [0, 0.1) is 52.3 Å². The Balaban J connectivity index is 1.23. The number of aliphatic hydroxyl groups excluding tert-OH is 2. The van der Waals surface area contributed by atoms with Crippen LogP contribution in [-0.4, -0.2) is 49.6 Å². The molecule has 0 saturated heterocycles. The molecule has 8 nitrogen and oxygen atoms in total. The lowest BCUT2D eigenvalue weighted by Gasteiger charge is -2.64. The standard InChI is InChI=1S/C34H53NO7S/c1-7-25-29-18-22(36)14-16-34(29,6)28-15-17-33(5)26(12-13-27(33)30(28)31(25)37)21(4)19-41-32(38)35-43(39,40)24-10-8-23(9-11-24)42-20(2)3/h8-11,20-22,25-31,36-37H,7,12-19H2,1-6H3,(H,35,38)/t21-,22+,25-,26-,27+,28+,29+,30+,31-,33-,34-/m1/s1. The Labute approximate surface area is 258 Å². The van der Waals surface area contributed by atoms with Gasteiger partial charge in [-0.15, -0.1) is 0 Å². The maximum atomic E-state index is 12.8. The Morgan fingerprint density at radius 1 is 0.977 bits per heavy atom. The van der Waals surface area contributed by atoms with Crippen LogP contribution in [-0.2, 0) is 14.8 Å². The van der Waals surface area contributed by atoms with Crippen molar-refractivity contribution in [2.45, 2.75) is 116 Å². The van der Waals surface area contributed by atoms with Crippen LogP contribution in [0.4, 0.5) is 4.79 Å². The number of rotatable bonds is 8. The van der Waals surface area contributed by atoms with Crippen LogP contribution in [0.2, 0.25) is 0 Å². The van der Waals surface area contributed by atoms with E-state index < -0.39 is 16.1 Å². The molecule has 5 rings (SSSR count). The van der Waals surface area contributed by atoms with Gasteiger partial charge in [-0.3, -0.25) is 0 Å². The largest absolute Gasteiger partial charge is 0.491 e. The molecule has 0 aromatic heterocycles. The molecule has 11 atom stereocenters. The summed E-state index contributed by atoms with van der Waals surface area (Å²) < 4.78 is 38.7. The predicted octanol–water partition coefficient (Wildman–Crippen LogP) is 6.15. The van der Waals surface area contributed by atoms with Gasteiger partial charge in [0.15, 0.2) is 0 Å². The number of sulfonamides is 1. The van der Waals surface area contributed by atoms with Crippen molar-refractivity contribution in [3.63, 3.8) is 0 Å². The van der Waals surface area contributed by atoms with E-state index in [2.05, 4.69) is 32.4 Å². The van der Waals surface area contributed by atoms with E-state index in [1.807, 2.05) is 13.8 Å². The van der Waals surface area contributed by atoms with Gasteiger partial charge in [0.05, 0.1) is 29.8 Å². The highest BCUT2D eigenvalue weighted by Crippen LogP contribution is 2.69. The molecular formula is C34H53NO7S. The Kier molecular flexibility index (Phi) is 9.21. The van der Waals surface area contributed by atoms with Crippen molar-refractivity contribution in [3.8, 4) is 5.75 Å². The number of aliphatic hydroxyl groups is 2.